The molecule has 0 N–H and O–H groups in total. The topological polar surface area (TPSA) is 26.3 Å². The van der Waals surface area contributed by atoms with Gasteiger partial charge in [-0.15, -0.1) is 0 Å². The first-order valence-corrected chi connectivity index (χ1v) is 9.17. The Labute approximate surface area is 141 Å². The van der Waals surface area contributed by atoms with Crippen molar-refractivity contribution in [3.63, 3.8) is 0 Å². The minimum Gasteiger partial charge on any atom is -0.462 e. The van der Waals surface area contributed by atoms with Crippen LogP contribution in [0.3, 0.4) is 0 Å². The Balaban J connectivity index is 1.94. The SMILES string of the molecule is CC(=O)O[C@H]1CCC/C(=C/C=C2/CC/C=C\C(C)(C)CCC2)C1. The van der Waals surface area contributed by atoms with Gasteiger partial charge in [-0.25, -0.2) is 0 Å². The molecule has 1 fully saturated rings. The van der Waals surface area contributed by atoms with Gasteiger partial charge in [0.15, 0.2) is 0 Å². The minimum absolute atomic E-state index is 0.0927. The summed E-state index contributed by atoms with van der Waals surface area (Å²) in [7, 11) is 0. The molecular formula is C21H32O2. The maximum absolute atomic E-state index is 11.1. The van der Waals surface area contributed by atoms with Crippen LogP contribution in [0.1, 0.15) is 78.6 Å². The molecule has 0 bridgehead atoms. The Morgan fingerprint density at radius 2 is 1.91 bits per heavy atom. The maximum atomic E-state index is 11.1. The van der Waals surface area contributed by atoms with Crippen molar-refractivity contribution in [3.8, 4) is 0 Å². The Morgan fingerprint density at radius 1 is 1.17 bits per heavy atom. The van der Waals surface area contributed by atoms with Crippen molar-refractivity contribution in [1.29, 1.82) is 0 Å². The first-order valence-electron chi connectivity index (χ1n) is 9.17. The number of ether oxygens (including phenoxy) is 1. The predicted octanol–water partition coefficient (Wildman–Crippen LogP) is 5.89. The molecule has 0 aromatic rings. The maximum Gasteiger partial charge on any atom is 0.302 e. The third-order valence-electron chi connectivity index (χ3n) is 4.92. The summed E-state index contributed by atoms with van der Waals surface area (Å²) in [5.74, 6) is -0.153. The van der Waals surface area contributed by atoms with Crippen LogP contribution in [0.4, 0.5) is 0 Å². The van der Waals surface area contributed by atoms with Crippen molar-refractivity contribution in [3.05, 3.63) is 35.5 Å². The molecule has 0 radical (unpaired) electrons. The normalized spacial score (nSPS) is 30.3. The molecule has 0 heterocycles. The Morgan fingerprint density at radius 3 is 2.70 bits per heavy atom. The molecule has 0 amide bonds. The number of hydrogen-bond acceptors (Lipinski definition) is 2. The van der Waals surface area contributed by atoms with E-state index in [1.807, 2.05) is 0 Å². The zero-order valence-electron chi connectivity index (χ0n) is 15.1. The van der Waals surface area contributed by atoms with Crippen LogP contribution in [0.5, 0.6) is 0 Å². The molecule has 0 saturated heterocycles. The van der Waals surface area contributed by atoms with Crippen LogP contribution >= 0.6 is 0 Å². The lowest BCUT2D eigenvalue weighted by Gasteiger charge is -2.23. The molecule has 0 aromatic carbocycles. The van der Waals surface area contributed by atoms with Crippen LogP contribution < -0.4 is 0 Å². The molecule has 2 rings (SSSR count). The number of carbonyl (C=O) groups is 1. The first kappa shape index (κ1) is 18.0. The highest BCUT2D eigenvalue weighted by atomic mass is 16.5. The quantitative estimate of drug-likeness (QED) is 0.469. The van der Waals surface area contributed by atoms with Crippen molar-refractivity contribution in [2.75, 3.05) is 0 Å². The fourth-order valence-electron chi connectivity index (χ4n) is 3.59. The van der Waals surface area contributed by atoms with Crippen LogP contribution in [0, 0.1) is 5.41 Å². The number of hydrogen-bond donors (Lipinski definition) is 0. The lowest BCUT2D eigenvalue weighted by molar-refractivity contribution is -0.147. The van der Waals surface area contributed by atoms with Gasteiger partial charge in [-0.3, -0.25) is 4.79 Å². The van der Waals surface area contributed by atoms with Crippen molar-refractivity contribution in [2.45, 2.75) is 84.7 Å². The molecule has 2 aliphatic rings. The molecule has 1 atom stereocenters. The third kappa shape index (κ3) is 6.76. The van der Waals surface area contributed by atoms with E-state index in [9.17, 15) is 4.79 Å². The number of rotatable bonds is 2. The van der Waals surface area contributed by atoms with Crippen LogP contribution in [0.25, 0.3) is 0 Å². The molecular weight excluding hydrogens is 284 g/mol. The van der Waals surface area contributed by atoms with Gasteiger partial charge in [0.1, 0.15) is 6.10 Å². The second-order valence-corrected chi connectivity index (χ2v) is 7.76. The van der Waals surface area contributed by atoms with Crippen molar-refractivity contribution in [1.82, 2.24) is 0 Å². The molecule has 0 unspecified atom stereocenters. The van der Waals surface area contributed by atoms with E-state index in [4.69, 9.17) is 4.74 Å². The molecule has 2 heteroatoms. The molecule has 128 valence electrons. The van der Waals surface area contributed by atoms with Crippen molar-refractivity contribution < 1.29 is 9.53 Å². The van der Waals surface area contributed by atoms with Gasteiger partial charge in [0.25, 0.3) is 0 Å². The monoisotopic (exact) mass is 316 g/mol. The number of allylic oxidation sites excluding steroid dienone is 5. The molecule has 0 aliphatic heterocycles. The van der Waals surface area contributed by atoms with Gasteiger partial charge >= 0.3 is 5.97 Å². The summed E-state index contributed by atoms with van der Waals surface area (Å²) in [5.41, 5.74) is 3.34. The molecule has 23 heavy (non-hydrogen) atoms. The summed E-state index contributed by atoms with van der Waals surface area (Å²) in [6.45, 7) is 6.17. The average Bonchev–Trinajstić information content (AvgIpc) is 2.55. The van der Waals surface area contributed by atoms with Gasteiger partial charge in [-0.05, 0) is 56.8 Å². The lowest BCUT2D eigenvalue weighted by Crippen LogP contribution is -2.20. The highest BCUT2D eigenvalue weighted by molar-refractivity contribution is 5.66. The predicted molar refractivity (Wildman–Crippen MR) is 96.2 cm³/mol. The summed E-state index contributed by atoms with van der Waals surface area (Å²) < 4.78 is 5.38. The van der Waals surface area contributed by atoms with Gasteiger partial charge in [-0.1, -0.05) is 49.3 Å². The summed E-state index contributed by atoms with van der Waals surface area (Å²) in [6.07, 6.45) is 19.7. The molecule has 2 nitrogen and oxygen atoms in total. The van der Waals surface area contributed by atoms with Crippen molar-refractivity contribution in [2.24, 2.45) is 5.41 Å². The second-order valence-electron chi connectivity index (χ2n) is 7.76. The Kier molecular flexibility index (Phi) is 6.68. The van der Waals surface area contributed by atoms with Gasteiger partial charge in [-0.2, -0.15) is 0 Å². The van der Waals surface area contributed by atoms with E-state index in [1.165, 1.54) is 38.2 Å². The second kappa shape index (κ2) is 8.52. The van der Waals surface area contributed by atoms with Crippen LogP contribution in [0.2, 0.25) is 0 Å². The summed E-state index contributed by atoms with van der Waals surface area (Å²) in [4.78, 5) is 11.1. The molecule has 0 spiro atoms. The summed E-state index contributed by atoms with van der Waals surface area (Å²) in [6, 6.07) is 0. The van der Waals surface area contributed by atoms with E-state index < -0.39 is 0 Å². The number of carbonyl (C=O) groups excluding carboxylic acids is 1. The largest absolute Gasteiger partial charge is 0.462 e. The molecule has 1 saturated carbocycles. The van der Waals surface area contributed by atoms with Crippen molar-refractivity contribution >= 4 is 5.97 Å². The lowest BCUT2D eigenvalue weighted by atomic mass is 9.86. The zero-order chi connectivity index (χ0) is 16.7. The van der Waals surface area contributed by atoms with Gasteiger partial charge in [0.05, 0.1) is 0 Å². The van der Waals surface area contributed by atoms with Gasteiger partial charge in [0, 0.05) is 13.3 Å². The van der Waals surface area contributed by atoms with Crippen LogP contribution in [-0.2, 0) is 9.53 Å². The molecule has 2 aliphatic carbocycles. The van der Waals surface area contributed by atoms with E-state index in [2.05, 4.69) is 38.2 Å². The van der Waals surface area contributed by atoms with Crippen LogP contribution in [0.15, 0.2) is 35.5 Å². The standard InChI is InChI=1S/C21H32O2/c1-17(22)23-20-11-6-9-19(16-20)13-12-18-8-4-5-14-21(2,3)15-7-10-18/h5,12-14,20H,4,6-11,15-16H2,1-3H3/b14-5-,18-12-,19-13-/t20-/m0/s1. The molecule has 0 aromatic heterocycles. The average molecular weight is 316 g/mol. The van der Waals surface area contributed by atoms with E-state index in [0.29, 0.717) is 5.41 Å². The summed E-state index contributed by atoms with van der Waals surface area (Å²) >= 11 is 0. The van der Waals surface area contributed by atoms with Gasteiger partial charge < -0.3 is 4.74 Å². The number of esters is 1. The zero-order valence-corrected chi connectivity index (χ0v) is 15.1. The Hall–Kier alpha value is -1.31. The highest BCUT2D eigenvalue weighted by Crippen LogP contribution is 2.30. The summed E-state index contributed by atoms with van der Waals surface area (Å²) in [5, 5.41) is 0. The first-order chi connectivity index (χ1) is 10.9. The van der Waals surface area contributed by atoms with E-state index in [-0.39, 0.29) is 12.1 Å². The van der Waals surface area contributed by atoms with Gasteiger partial charge in [0.2, 0.25) is 0 Å². The van der Waals surface area contributed by atoms with E-state index in [1.54, 1.807) is 5.57 Å². The van der Waals surface area contributed by atoms with E-state index in [0.717, 1.165) is 32.1 Å². The van der Waals surface area contributed by atoms with Crippen LogP contribution in [-0.4, -0.2) is 12.1 Å². The highest BCUT2D eigenvalue weighted by Gasteiger charge is 2.19. The van der Waals surface area contributed by atoms with E-state index >= 15 is 0 Å². The fraction of sp³-hybridized carbons (Fsp3) is 0.667. The smallest absolute Gasteiger partial charge is 0.302 e. The fourth-order valence-corrected chi connectivity index (χ4v) is 3.59. The minimum atomic E-state index is -0.153. The third-order valence-corrected chi connectivity index (χ3v) is 4.92. The Bertz CT molecular complexity index is 494.